The first-order chi connectivity index (χ1) is 40.0. The average molecular weight is 1130 g/mol. The van der Waals surface area contributed by atoms with Gasteiger partial charge in [-0.3, -0.25) is 14.4 Å². The summed E-state index contributed by atoms with van der Waals surface area (Å²) in [4.78, 5) is 38.4. The van der Waals surface area contributed by atoms with Crippen LogP contribution < -0.4 is 0 Å². The molecule has 0 N–H and O–H groups in total. The molecule has 0 aliphatic rings. The normalized spacial score (nSPS) is 12.8. The van der Waals surface area contributed by atoms with Crippen LogP contribution >= 0.6 is 0 Å². The molecule has 0 amide bonds. The second-order valence-electron chi connectivity index (χ2n) is 22.7. The minimum Gasteiger partial charge on any atom is -0.462 e. The highest BCUT2D eigenvalue weighted by molar-refractivity contribution is 5.71. The van der Waals surface area contributed by atoms with Gasteiger partial charge in [0.1, 0.15) is 13.2 Å². The van der Waals surface area contributed by atoms with Crippen molar-refractivity contribution in [3.63, 3.8) is 0 Å². The van der Waals surface area contributed by atoms with E-state index in [0.29, 0.717) is 19.3 Å². The summed E-state index contributed by atoms with van der Waals surface area (Å²) in [5.74, 6) is -0.896. The van der Waals surface area contributed by atoms with Crippen molar-refractivity contribution >= 4 is 17.9 Å². The Bertz CT molecular complexity index is 1620. The minimum atomic E-state index is -0.792. The maximum Gasteiger partial charge on any atom is 0.306 e. The molecular formula is C75H128O6. The van der Waals surface area contributed by atoms with Crippen molar-refractivity contribution in [2.75, 3.05) is 13.2 Å². The van der Waals surface area contributed by atoms with Crippen LogP contribution in [0.5, 0.6) is 0 Å². The van der Waals surface area contributed by atoms with Gasteiger partial charge in [-0.05, 0) is 103 Å². The maximum atomic E-state index is 12.9. The highest BCUT2D eigenvalue weighted by Crippen LogP contribution is 2.17. The Kier molecular flexibility index (Phi) is 65.2. The summed E-state index contributed by atoms with van der Waals surface area (Å²) in [5.41, 5.74) is 0. The number of rotatable bonds is 62. The second kappa shape index (κ2) is 68.6. The molecule has 0 aromatic heterocycles. The smallest absolute Gasteiger partial charge is 0.306 e. The number of allylic oxidation sites excluding steroid dienone is 18. The number of ether oxygens (including phenoxy) is 3. The van der Waals surface area contributed by atoms with Crippen molar-refractivity contribution in [3.8, 4) is 0 Å². The molecule has 6 nitrogen and oxygen atoms in total. The van der Waals surface area contributed by atoms with Crippen LogP contribution in [0.1, 0.15) is 329 Å². The summed E-state index contributed by atoms with van der Waals surface area (Å²) >= 11 is 0. The Morgan fingerprint density at radius 2 is 0.481 bits per heavy atom. The molecule has 0 aliphatic heterocycles. The van der Waals surface area contributed by atoms with Crippen LogP contribution in [0.2, 0.25) is 0 Å². The fraction of sp³-hybridized carbons (Fsp3) is 0.720. The third-order valence-corrected chi connectivity index (χ3v) is 14.8. The molecule has 0 aromatic rings. The zero-order valence-electron chi connectivity index (χ0n) is 53.3. The molecular weight excluding hydrogens is 997 g/mol. The van der Waals surface area contributed by atoms with E-state index in [0.717, 1.165) is 128 Å². The Morgan fingerprint density at radius 3 is 0.753 bits per heavy atom. The van der Waals surface area contributed by atoms with Crippen LogP contribution in [-0.4, -0.2) is 37.2 Å². The molecule has 1 atom stereocenters. The lowest BCUT2D eigenvalue weighted by Crippen LogP contribution is -2.30. The van der Waals surface area contributed by atoms with E-state index in [1.807, 2.05) is 0 Å². The fourth-order valence-corrected chi connectivity index (χ4v) is 9.70. The van der Waals surface area contributed by atoms with Gasteiger partial charge in [0.25, 0.3) is 0 Å². The lowest BCUT2D eigenvalue weighted by Gasteiger charge is -2.18. The van der Waals surface area contributed by atoms with Crippen LogP contribution in [0.25, 0.3) is 0 Å². The van der Waals surface area contributed by atoms with Gasteiger partial charge in [0.2, 0.25) is 0 Å². The van der Waals surface area contributed by atoms with Crippen molar-refractivity contribution in [1.29, 1.82) is 0 Å². The number of unbranched alkanes of at least 4 members (excludes halogenated alkanes) is 33. The lowest BCUT2D eigenvalue weighted by molar-refractivity contribution is -0.167. The Morgan fingerprint density at radius 1 is 0.259 bits per heavy atom. The summed E-state index contributed by atoms with van der Waals surface area (Å²) in [6.07, 6.45) is 93.9. The van der Waals surface area contributed by atoms with Gasteiger partial charge in [-0.25, -0.2) is 0 Å². The summed E-state index contributed by atoms with van der Waals surface area (Å²) < 4.78 is 17.0. The van der Waals surface area contributed by atoms with E-state index in [1.54, 1.807) is 0 Å². The van der Waals surface area contributed by atoms with E-state index in [4.69, 9.17) is 14.2 Å². The van der Waals surface area contributed by atoms with Crippen LogP contribution in [0.3, 0.4) is 0 Å². The van der Waals surface area contributed by atoms with Gasteiger partial charge in [-0.1, -0.05) is 316 Å². The van der Waals surface area contributed by atoms with Crippen LogP contribution in [0.4, 0.5) is 0 Å². The van der Waals surface area contributed by atoms with Crippen molar-refractivity contribution in [3.05, 3.63) is 109 Å². The van der Waals surface area contributed by atoms with Crippen molar-refractivity contribution in [2.45, 2.75) is 335 Å². The quantitative estimate of drug-likeness (QED) is 0.0261. The predicted octanol–water partition coefficient (Wildman–Crippen LogP) is 23.8. The first-order valence-electron chi connectivity index (χ1n) is 34.4. The highest BCUT2D eigenvalue weighted by Gasteiger charge is 2.19. The molecule has 0 saturated heterocycles. The molecule has 0 saturated carbocycles. The molecule has 0 heterocycles. The number of hydrogen-bond donors (Lipinski definition) is 0. The molecule has 1 unspecified atom stereocenters. The Labute approximate surface area is 501 Å². The van der Waals surface area contributed by atoms with E-state index >= 15 is 0 Å². The maximum absolute atomic E-state index is 12.9. The SMILES string of the molecule is CC/C=C\C/C=C\C/C=C\C/C=C\C/C=C\CCCCCCCCCCCCCCCC(=O)OCC(COC(=O)CCCCCCCCCCCCCCCCCCC)OC(=O)CCCCCC/C=C\C/C=C\C/C=C\C/C=C\CC. The van der Waals surface area contributed by atoms with Crippen molar-refractivity contribution in [1.82, 2.24) is 0 Å². The van der Waals surface area contributed by atoms with Gasteiger partial charge in [-0.15, -0.1) is 0 Å². The zero-order valence-corrected chi connectivity index (χ0v) is 53.3. The van der Waals surface area contributed by atoms with Crippen LogP contribution in [-0.2, 0) is 28.6 Å². The molecule has 0 fully saturated rings. The highest BCUT2D eigenvalue weighted by atomic mass is 16.6. The van der Waals surface area contributed by atoms with E-state index < -0.39 is 6.10 Å². The Hall–Kier alpha value is -3.93. The lowest BCUT2D eigenvalue weighted by atomic mass is 10.0. The fourth-order valence-electron chi connectivity index (χ4n) is 9.70. The van der Waals surface area contributed by atoms with Gasteiger partial charge in [0.05, 0.1) is 0 Å². The average Bonchev–Trinajstić information content (AvgIpc) is 3.47. The summed E-state index contributed by atoms with van der Waals surface area (Å²) in [7, 11) is 0. The number of carbonyl (C=O) groups excluding carboxylic acids is 3. The van der Waals surface area contributed by atoms with Crippen molar-refractivity contribution < 1.29 is 28.6 Å². The summed E-state index contributed by atoms with van der Waals surface area (Å²) in [6.45, 7) is 6.43. The first-order valence-corrected chi connectivity index (χ1v) is 34.4. The largest absolute Gasteiger partial charge is 0.462 e. The van der Waals surface area contributed by atoms with E-state index in [2.05, 4.69) is 130 Å². The third kappa shape index (κ3) is 66.8. The predicted molar refractivity (Wildman–Crippen MR) is 353 cm³/mol. The number of hydrogen-bond acceptors (Lipinski definition) is 6. The summed E-state index contributed by atoms with van der Waals surface area (Å²) in [5, 5.41) is 0. The standard InChI is InChI=1S/C75H128O6/c1-4-7-10-13-16-19-22-25-28-31-32-33-34-35-36-37-38-39-40-41-42-45-47-50-53-56-59-62-65-68-74(77)80-71-72(81-75(78)69-66-63-60-57-54-51-48-44-30-27-24-21-18-15-12-9-6-3)70-79-73(76)67-64-61-58-55-52-49-46-43-29-26-23-20-17-14-11-8-5-2/h7,9-10,12,16,18-19,21,25,27-28,30,32-33,35-36,48,51,72H,4-6,8,11,13-15,17,20,22-24,26,29,31,34,37-47,49-50,52-71H2,1-3H3/b10-7-,12-9-,19-16-,21-18-,28-25-,30-27-,33-32-,36-35-,51-48-. The molecule has 0 spiro atoms. The van der Waals surface area contributed by atoms with Gasteiger partial charge in [0.15, 0.2) is 6.10 Å². The molecule has 0 radical (unpaired) electrons. The number of carbonyl (C=O) groups is 3. The molecule has 0 aliphatic carbocycles. The Balaban J connectivity index is 4.31. The number of esters is 3. The van der Waals surface area contributed by atoms with E-state index in [-0.39, 0.29) is 31.1 Å². The summed E-state index contributed by atoms with van der Waals surface area (Å²) in [6, 6.07) is 0. The first kappa shape index (κ1) is 77.1. The molecule has 464 valence electrons. The van der Waals surface area contributed by atoms with Gasteiger partial charge in [-0.2, -0.15) is 0 Å². The topological polar surface area (TPSA) is 78.9 Å². The molecule has 0 aromatic carbocycles. The third-order valence-electron chi connectivity index (χ3n) is 14.8. The van der Waals surface area contributed by atoms with Gasteiger partial charge in [0, 0.05) is 19.3 Å². The van der Waals surface area contributed by atoms with E-state index in [9.17, 15) is 14.4 Å². The van der Waals surface area contributed by atoms with Crippen LogP contribution in [0, 0.1) is 0 Å². The van der Waals surface area contributed by atoms with Gasteiger partial charge < -0.3 is 14.2 Å². The molecule has 0 rings (SSSR count). The second-order valence-corrected chi connectivity index (χ2v) is 22.7. The molecule has 6 heteroatoms. The monoisotopic (exact) mass is 1120 g/mol. The van der Waals surface area contributed by atoms with E-state index in [1.165, 1.54) is 161 Å². The zero-order chi connectivity index (χ0) is 58.5. The molecule has 81 heavy (non-hydrogen) atoms. The van der Waals surface area contributed by atoms with Crippen LogP contribution in [0.15, 0.2) is 109 Å². The van der Waals surface area contributed by atoms with Crippen molar-refractivity contribution in [2.24, 2.45) is 0 Å². The van der Waals surface area contributed by atoms with Gasteiger partial charge >= 0.3 is 17.9 Å². The molecule has 0 bridgehead atoms. The minimum absolute atomic E-state index is 0.0852.